The summed E-state index contributed by atoms with van der Waals surface area (Å²) in [6.07, 6.45) is 8.00. The zero-order valence-electron chi connectivity index (χ0n) is 7.30. The number of terminal acetylenes is 1. The quantitative estimate of drug-likeness (QED) is 0.525. The number of hydrogen-bond donors (Lipinski definition) is 1. The minimum atomic E-state index is -0.808. The van der Waals surface area contributed by atoms with Crippen LogP contribution in [0.3, 0.4) is 0 Å². The Morgan fingerprint density at radius 3 is 2.18 bits per heavy atom. The molecule has 0 aromatic rings. The summed E-state index contributed by atoms with van der Waals surface area (Å²) in [6, 6.07) is 0. The molecule has 1 rings (SSSR count). The standard InChI is InChI=1S/C10H16O/c1-4-10(11)6-8(2)5-9(3)7-10/h1,8-9,11H,5-7H2,2-3H3. The van der Waals surface area contributed by atoms with Gasteiger partial charge in [-0.25, -0.2) is 0 Å². The minimum absolute atomic E-state index is 0.569. The Balaban J connectivity index is 2.64. The fraction of sp³-hybridized carbons (Fsp3) is 0.800. The second kappa shape index (κ2) is 2.87. The molecule has 0 bridgehead atoms. The van der Waals surface area contributed by atoms with Crippen molar-refractivity contribution in [1.29, 1.82) is 0 Å². The lowest BCUT2D eigenvalue weighted by Crippen LogP contribution is -2.36. The van der Waals surface area contributed by atoms with Crippen molar-refractivity contribution in [2.24, 2.45) is 11.8 Å². The molecule has 2 unspecified atom stereocenters. The van der Waals surface area contributed by atoms with Gasteiger partial charge in [-0.3, -0.25) is 0 Å². The fourth-order valence-corrected chi connectivity index (χ4v) is 2.21. The molecular weight excluding hydrogens is 136 g/mol. The first-order valence-electron chi connectivity index (χ1n) is 4.26. The average Bonchev–Trinajstić information content (AvgIpc) is 1.84. The molecule has 2 atom stereocenters. The molecule has 1 aliphatic carbocycles. The van der Waals surface area contributed by atoms with Crippen molar-refractivity contribution < 1.29 is 5.11 Å². The lowest BCUT2D eigenvalue weighted by Gasteiger charge is -2.35. The first-order chi connectivity index (χ1) is 5.06. The van der Waals surface area contributed by atoms with Gasteiger partial charge in [-0.05, 0) is 31.1 Å². The molecule has 0 amide bonds. The highest BCUT2D eigenvalue weighted by molar-refractivity contribution is 5.09. The van der Waals surface area contributed by atoms with Crippen LogP contribution in [0.1, 0.15) is 33.1 Å². The zero-order valence-corrected chi connectivity index (χ0v) is 7.30. The molecule has 1 saturated carbocycles. The summed E-state index contributed by atoms with van der Waals surface area (Å²) in [5.74, 6) is 3.64. The third kappa shape index (κ3) is 1.97. The summed E-state index contributed by atoms with van der Waals surface area (Å²) in [5, 5.41) is 9.78. The Hall–Kier alpha value is -0.480. The van der Waals surface area contributed by atoms with Crippen LogP contribution in [0, 0.1) is 24.2 Å². The van der Waals surface area contributed by atoms with Crippen LogP contribution in [0.2, 0.25) is 0 Å². The van der Waals surface area contributed by atoms with E-state index in [0.29, 0.717) is 11.8 Å². The highest BCUT2D eigenvalue weighted by atomic mass is 16.3. The Bertz CT molecular complexity index is 168. The van der Waals surface area contributed by atoms with Crippen LogP contribution in [0.4, 0.5) is 0 Å². The van der Waals surface area contributed by atoms with Crippen molar-refractivity contribution in [2.75, 3.05) is 0 Å². The monoisotopic (exact) mass is 152 g/mol. The molecule has 62 valence electrons. The van der Waals surface area contributed by atoms with Gasteiger partial charge in [-0.15, -0.1) is 6.42 Å². The Morgan fingerprint density at radius 1 is 1.36 bits per heavy atom. The smallest absolute Gasteiger partial charge is 0.125 e. The van der Waals surface area contributed by atoms with Gasteiger partial charge in [0.1, 0.15) is 5.60 Å². The lowest BCUT2D eigenvalue weighted by atomic mass is 9.74. The Morgan fingerprint density at radius 2 is 1.82 bits per heavy atom. The van der Waals surface area contributed by atoms with Crippen LogP contribution >= 0.6 is 0 Å². The van der Waals surface area contributed by atoms with Crippen molar-refractivity contribution in [3.8, 4) is 12.3 Å². The molecule has 0 aromatic heterocycles. The van der Waals surface area contributed by atoms with Gasteiger partial charge in [0.25, 0.3) is 0 Å². The summed E-state index contributed by atoms with van der Waals surface area (Å²) in [4.78, 5) is 0. The minimum Gasteiger partial charge on any atom is -0.378 e. The predicted molar refractivity (Wildman–Crippen MR) is 46.0 cm³/mol. The van der Waals surface area contributed by atoms with Gasteiger partial charge >= 0.3 is 0 Å². The normalized spacial score (nSPS) is 44.9. The van der Waals surface area contributed by atoms with Crippen LogP contribution < -0.4 is 0 Å². The number of hydrogen-bond acceptors (Lipinski definition) is 1. The molecular formula is C10H16O. The van der Waals surface area contributed by atoms with Gasteiger partial charge < -0.3 is 5.11 Å². The van der Waals surface area contributed by atoms with E-state index in [1.54, 1.807) is 0 Å². The summed E-state index contributed by atoms with van der Waals surface area (Å²) >= 11 is 0. The Labute approximate surface area is 68.8 Å². The molecule has 0 aromatic carbocycles. The number of aliphatic hydroxyl groups is 1. The molecule has 0 aliphatic heterocycles. The van der Waals surface area contributed by atoms with Gasteiger partial charge in [0.05, 0.1) is 0 Å². The van der Waals surface area contributed by atoms with E-state index in [-0.39, 0.29) is 0 Å². The lowest BCUT2D eigenvalue weighted by molar-refractivity contribution is 0.0196. The van der Waals surface area contributed by atoms with Crippen molar-refractivity contribution >= 4 is 0 Å². The zero-order chi connectivity index (χ0) is 8.48. The first-order valence-corrected chi connectivity index (χ1v) is 4.26. The molecule has 1 aliphatic rings. The average molecular weight is 152 g/mol. The van der Waals surface area contributed by atoms with Gasteiger partial charge in [-0.1, -0.05) is 19.8 Å². The molecule has 1 nitrogen and oxygen atoms in total. The molecule has 1 heteroatoms. The molecule has 0 saturated heterocycles. The molecule has 0 spiro atoms. The SMILES string of the molecule is C#CC1(O)CC(C)CC(C)C1. The topological polar surface area (TPSA) is 20.2 Å². The van der Waals surface area contributed by atoms with E-state index >= 15 is 0 Å². The highest BCUT2D eigenvalue weighted by Gasteiger charge is 2.33. The van der Waals surface area contributed by atoms with Crippen molar-refractivity contribution in [3.63, 3.8) is 0 Å². The van der Waals surface area contributed by atoms with Crippen LogP contribution in [-0.4, -0.2) is 10.7 Å². The van der Waals surface area contributed by atoms with Crippen molar-refractivity contribution in [3.05, 3.63) is 0 Å². The van der Waals surface area contributed by atoms with E-state index in [4.69, 9.17) is 6.42 Å². The van der Waals surface area contributed by atoms with Gasteiger partial charge in [-0.2, -0.15) is 0 Å². The molecule has 1 N–H and O–H groups in total. The largest absolute Gasteiger partial charge is 0.378 e. The fourth-order valence-electron chi connectivity index (χ4n) is 2.21. The van der Waals surface area contributed by atoms with E-state index in [1.165, 1.54) is 6.42 Å². The van der Waals surface area contributed by atoms with Crippen LogP contribution in [0.5, 0.6) is 0 Å². The van der Waals surface area contributed by atoms with Crippen molar-refractivity contribution in [2.45, 2.75) is 38.7 Å². The predicted octanol–water partition coefficient (Wildman–Crippen LogP) is 1.81. The molecule has 1 fully saturated rings. The molecule has 0 heterocycles. The summed E-state index contributed by atoms with van der Waals surface area (Å²) in [6.45, 7) is 4.30. The number of rotatable bonds is 0. The van der Waals surface area contributed by atoms with E-state index in [1.807, 2.05) is 0 Å². The highest BCUT2D eigenvalue weighted by Crippen LogP contribution is 2.35. The molecule has 11 heavy (non-hydrogen) atoms. The summed E-state index contributed by atoms with van der Waals surface area (Å²) < 4.78 is 0. The maximum Gasteiger partial charge on any atom is 0.125 e. The maximum absolute atomic E-state index is 9.78. The first kappa shape index (κ1) is 8.62. The van der Waals surface area contributed by atoms with E-state index < -0.39 is 5.60 Å². The van der Waals surface area contributed by atoms with E-state index in [9.17, 15) is 5.11 Å². The van der Waals surface area contributed by atoms with Crippen LogP contribution in [0.15, 0.2) is 0 Å². The Kier molecular flexibility index (Phi) is 2.25. The van der Waals surface area contributed by atoms with E-state index in [2.05, 4.69) is 19.8 Å². The summed E-state index contributed by atoms with van der Waals surface area (Å²) in [7, 11) is 0. The van der Waals surface area contributed by atoms with Gasteiger partial charge in [0.15, 0.2) is 0 Å². The van der Waals surface area contributed by atoms with Gasteiger partial charge in [0.2, 0.25) is 0 Å². The summed E-state index contributed by atoms with van der Waals surface area (Å²) in [5.41, 5.74) is -0.808. The van der Waals surface area contributed by atoms with Gasteiger partial charge in [0, 0.05) is 0 Å². The third-order valence-electron chi connectivity index (χ3n) is 2.45. The van der Waals surface area contributed by atoms with Crippen LogP contribution in [-0.2, 0) is 0 Å². The second-order valence-electron chi connectivity index (χ2n) is 4.03. The maximum atomic E-state index is 9.78. The second-order valence-corrected chi connectivity index (χ2v) is 4.03. The molecule has 0 radical (unpaired) electrons. The van der Waals surface area contributed by atoms with Crippen molar-refractivity contribution in [1.82, 2.24) is 0 Å². The van der Waals surface area contributed by atoms with E-state index in [0.717, 1.165) is 12.8 Å². The van der Waals surface area contributed by atoms with Crippen LogP contribution in [0.25, 0.3) is 0 Å². The third-order valence-corrected chi connectivity index (χ3v) is 2.45.